The van der Waals surface area contributed by atoms with Crippen LogP contribution in [0.2, 0.25) is 0 Å². The van der Waals surface area contributed by atoms with Crippen molar-refractivity contribution in [2.24, 2.45) is 0 Å². The first kappa shape index (κ1) is 14.8. The molecule has 0 unspecified atom stereocenters. The van der Waals surface area contributed by atoms with E-state index in [-0.39, 0.29) is 0 Å². The SMILES string of the molecule is CCCc1n[nH]c(=S)n1CCCCCCSC. The van der Waals surface area contributed by atoms with Crippen LogP contribution in [0, 0.1) is 4.77 Å². The van der Waals surface area contributed by atoms with Crippen LogP contribution < -0.4 is 0 Å². The highest BCUT2D eigenvalue weighted by Gasteiger charge is 2.04. The van der Waals surface area contributed by atoms with Gasteiger partial charge in [-0.05, 0) is 43.5 Å². The molecule has 1 heterocycles. The average Bonchev–Trinajstić information content (AvgIpc) is 2.66. The summed E-state index contributed by atoms with van der Waals surface area (Å²) in [4.78, 5) is 0. The Kier molecular flexibility index (Phi) is 7.60. The molecule has 0 saturated carbocycles. The lowest BCUT2D eigenvalue weighted by molar-refractivity contribution is 0.559. The Morgan fingerprint density at radius 3 is 2.76 bits per heavy atom. The first-order chi connectivity index (χ1) is 8.29. The van der Waals surface area contributed by atoms with Gasteiger partial charge < -0.3 is 4.57 Å². The number of nitrogens with zero attached hydrogens (tertiary/aromatic N) is 2. The van der Waals surface area contributed by atoms with Crippen LogP contribution in [0.3, 0.4) is 0 Å². The van der Waals surface area contributed by atoms with Crippen molar-refractivity contribution in [1.82, 2.24) is 14.8 Å². The number of aromatic amines is 1. The Hall–Kier alpha value is -0.290. The van der Waals surface area contributed by atoms with Crippen LogP contribution in [0.5, 0.6) is 0 Å². The number of unbranched alkanes of at least 4 members (excludes halogenated alkanes) is 3. The van der Waals surface area contributed by atoms with E-state index in [9.17, 15) is 0 Å². The van der Waals surface area contributed by atoms with Crippen molar-refractivity contribution in [2.75, 3.05) is 12.0 Å². The Balaban J connectivity index is 2.30. The van der Waals surface area contributed by atoms with Gasteiger partial charge in [0.1, 0.15) is 5.82 Å². The summed E-state index contributed by atoms with van der Waals surface area (Å²) in [6.07, 6.45) is 9.46. The fraction of sp³-hybridized carbons (Fsp3) is 0.833. The molecule has 0 radical (unpaired) electrons. The Labute approximate surface area is 113 Å². The van der Waals surface area contributed by atoms with E-state index in [0.717, 1.165) is 30.0 Å². The van der Waals surface area contributed by atoms with Gasteiger partial charge in [-0.2, -0.15) is 16.9 Å². The van der Waals surface area contributed by atoms with Crippen molar-refractivity contribution in [3.05, 3.63) is 10.6 Å². The van der Waals surface area contributed by atoms with Gasteiger partial charge in [0.25, 0.3) is 0 Å². The number of H-pyrrole nitrogens is 1. The summed E-state index contributed by atoms with van der Waals surface area (Å²) in [5.74, 6) is 2.40. The normalized spacial score (nSPS) is 10.9. The van der Waals surface area contributed by atoms with Crippen LogP contribution in [0.1, 0.15) is 44.9 Å². The molecule has 17 heavy (non-hydrogen) atoms. The molecule has 1 aromatic heterocycles. The van der Waals surface area contributed by atoms with E-state index in [0.29, 0.717) is 0 Å². The highest BCUT2D eigenvalue weighted by Crippen LogP contribution is 2.08. The third-order valence-corrected chi connectivity index (χ3v) is 3.80. The fourth-order valence-corrected chi connectivity index (χ4v) is 2.60. The molecule has 0 atom stereocenters. The standard InChI is InChI=1S/C12H23N3S2/c1-3-8-11-13-14-12(16)15(11)9-6-4-5-7-10-17-2/h3-10H2,1-2H3,(H,14,16). The molecule has 1 aromatic rings. The zero-order valence-electron chi connectivity index (χ0n) is 10.9. The minimum Gasteiger partial charge on any atom is -0.304 e. The summed E-state index contributed by atoms with van der Waals surface area (Å²) < 4.78 is 2.94. The van der Waals surface area contributed by atoms with Gasteiger partial charge in [-0.15, -0.1) is 0 Å². The molecule has 0 aliphatic carbocycles. The highest BCUT2D eigenvalue weighted by molar-refractivity contribution is 7.98. The highest BCUT2D eigenvalue weighted by atomic mass is 32.2. The molecular formula is C12H23N3S2. The molecule has 0 aliphatic rings. The van der Waals surface area contributed by atoms with Crippen LogP contribution in [0.4, 0.5) is 0 Å². The van der Waals surface area contributed by atoms with E-state index in [1.165, 1.54) is 31.4 Å². The van der Waals surface area contributed by atoms with Gasteiger partial charge in [0, 0.05) is 13.0 Å². The second-order valence-corrected chi connectivity index (χ2v) is 5.63. The molecule has 3 nitrogen and oxygen atoms in total. The fourth-order valence-electron chi connectivity index (χ4n) is 1.87. The molecule has 0 fully saturated rings. The maximum atomic E-state index is 5.25. The first-order valence-electron chi connectivity index (χ1n) is 6.42. The van der Waals surface area contributed by atoms with Gasteiger partial charge >= 0.3 is 0 Å². The zero-order chi connectivity index (χ0) is 12.5. The van der Waals surface area contributed by atoms with Crippen LogP contribution >= 0.6 is 24.0 Å². The lowest BCUT2D eigenvalue weighted by Gasteiger charge is -2.05. The van der Waals surface area contributed by atoms with E-state index < -0.39 is 0 Å². The molecular weight excluding hydrogens is 250 g/mol. The minimum absolute atomic E-state index is 0.776. The van der Waals surface area contributed by atoms with Gasteiger partial charge in [-0.25, -0.2) is 0 Å². The van der Waals surface area contributed by atoms with Crippen molar-refractivity contribution in [3.8, 4) is 0 Å². The van der Waals surface area contributed by atoms with E-state index in [1.54, 1.807) is 0 Å². The second-order valence-electron chi connectivity index (χ2n) is 4.25. The van der Waals surface area contributed by atoms with Gasteiger partial charge in [0.05, 0.1) is 0 Å². The van der Waals surface area contributed by atoms with Gasteiger partial charge in [0.15, 0.2) is 4.77 Å². The summed E-state index contributed by atoms with van der Waals surface area (Å²) in [7, 11) is 0. The van der Waals surface area contributed by atoms with E-state index in [4.69, 9.17) is 12.2 Å². The average molecular weight is 273 g/mol. The third-order valence-electron chi connectivity index (χ3n) is 2.79. The monoisotopic (exact) mass is 273 g/mol. The molecule has 0 aromatic carbocycles. The summed E-state index contributed by atoms with van der Waals surface area (Å²) >= 11 is 7.18. The van der Waals surface area contributed by atoms with Crippen molar-refractivity contribution in [3.63, 3.8) is 0 Å². The molecule has 0 spiro atoms. The molecule has 0 aliphatic heterocycles. The number of hydrogen-bond donors (Lipinski definition) is 1. The van der Waals surface area contributed by atoms with Gasteiger partial charge in [-0.3, -0.25) is 5.10 Å². The molecule has 5 heteroatoms. The van der Waals surface area contributed by atoms with Crippen LogP contribution in [-0.4, -0.2) is 26.8 Å². The number of aromatic nitrogens is 3. The van der Waals surface area contributed by atoms with Gasteiger partial charge in [-0.1, -0.05) is 19.8 Å². The first-order valence-corrected chi connectivity index (χ1v) is 8.22. The van der Waals surface area contributed by atoms with Crippen molar-refractivity contribution < 1.29 is 0 Å². The van der Waals surface area contributed by atoms with Crippen molar-refractivity contribution >= 4 is 24.0 Å². The maximum absolute atomic E-state index is 5.25. The van der Waals surface area contributed by atoms with E-state index in [1.807, 2.05) is 11.8 Å². The molecule has 0 bridgehead atoms. The lowest BCUT2D eigenvalue weighted by Crippen LogP contribution is -2.04. The predicted octanol–water partition coefficient (Wildman–Crippen LogP) is 3.82. The number of hydrogen-bond acceptors (Lipinski definition) is 3. The van der Waals surface area contributed by atoms with Crippen LogP contribution in [0.15, 0.2) is 0 Å². The molecule has 98 valence electrons. The number of rotatable bonds is 9. The van der Waals surface area contributed by atoms with Gasteiger partial charge in [0.2, 0.25) is 0 Å². The minimum atomic E-state index is 0.776. The summed E-state index contributed by atoms with van der Waals surface area (Å²) in [6, 6.07) is 0. The quantitative estimate of drug-likeness (QED) is 0.548. The van der Waals surface area contributed by atoms with E-state index >= 15 is 0 Å². The molecule has 1 N–H and O–H groups in total. The third kappa shape index (κ3) is 5.25. The van der Waals surface area contributed by atoms with Crippen molar-refractivity contribution in [2.45, 2.75) is 52.0 Å². The molecule has 0 amide bonds. The number of thioether (sulfide) groups is 1. The van der Waals surface area contributed by atoms with Crippen LogP contribution in [0.25, 0.3) is 0 Å². The smallest absolute Gasteiger partial charge is 0.195 e. The second kappa shape index (κ2) is 8.75. The van der Waals surface area contributed by atoms with Crippen LogP contribution in [-0.2, 0) is 13.0 Å². The summed E-state index contributed by atoms with van der Waals surface area (Å²) in [5.41, 5.74) is 0. The van der Waals surface area contributed by atoms with Crippen molar-refractivity contribution in [1.29, 1.82) is 0 Å². The zero-order valence-corrected chi connectivity index (χ0v) is 12.5. The number of nitrogens with one attached hydrogen (secondary N) is 1. The largest absolute Gasteiger partial charge is 0.304 e. The van der Waals surface area contributed by atoms with E-state index in [2.05, 4.69) is 27.9 Å². The Morgan fingerprint density at radius 2 is 2.06 bits per heavy atom. The summed E-state index contributed by atoms with van der Waals surface area (Å²) in [5, 5.41) is 7.17. The maximum Gasteiger partial charge on any atom is 0.195 e. The Bertz CT molecular complexity index is 357. The summed E-state index contributed by atoms with van der Waals surface area (Å²) in [6.45, 7) is 3.19. The number of aryl methyl sites for hydroxylation is 1. The molecule has 0 saturated heterocycles. The molecule has 1 rings (SSSR count). The Morgan fingerprint density at radius 1 is 1.29 bits per heavy atom. The topological polar surface area (TPSA) is 33.6 Å². The predicted molar refractivity (Wildman–Crippen MR) is 78.3 cm³/mol. The lowest BCUT2D eigenvalue weighted by atomic mass is 10.2.